The molecule has 1 atom stereocenters. The van der Waals surface area contributed by atoms with Crippen LogP contribution in [0.5, 0.6) is 0 Å². The minimum absolute atomic E-state index is 0.00123. The minimum atomic E-state index is -0.335. The number of aryl methyl sites for hydroxylation is 2. The van der Waals surface area contributed by atoms with Gasteiger partial charge in [0.15, 0.2) is 0 Å². The lowest BCUT2D eigenvalue weighted by Crippen LogP contribution is -2.47. The zero-order valence-corrected chi connectivity index (χ0v) is 16.9. The number of aromatic nitrogens is 2. The Hall–Kier alpha value is -1.69. The van der Waals surface area contributed by atoms with Gasteiger partial charge in [0.25, 0.3) is 0 Å². The van der Waals surface area contributed by atoms with Crippen molar-refractivity contribution in [3.8, 4) is 0 Å². The Morgan fingerprint density at radius 1 is 1.19 bits per heavy atom. The Balaban J connectivity index is 1.70. The van der Waals surface area contributed by atoms with Crippen LogP contribution in [0.15, 0.2) is 0 Å². The SMILES string of the molecule is CC(Nc1nc(C2CC2)nc2sc3c(c12)CCCC3)C(=O)NC(C)(C)C. The number of carbonyl (C=O) groups is 1. The first-order valence-corrected chi connectivity index (χ1v) is 10.5. The number of fused-ring (bicyclic) bond motifs is 3. The highest BCUT2D eigenvalue weighted by Gasteiger charge is 2.30. The van der Waals surface area contributed by atoms with Gasteiger partial charge >= 0.3 is 0 Å². The van der Waals surface area contributed by atoms with E-state index in [-0.39, 0.29) is 17.5 Å². The van der Waals surface area contributed by atoms with Gasteiger partial charge in [0.1, 0.15) is 22.5 Å². The molecule has 2 aliphatic carbocycles. The van der Waals surface area contributed by atoms with Crippen LogP contribution < -0.4 is 10.6 Å². The lowest BCUT2D eigenvalue weighted by Gasteiger charge is -2.24. The van der Waals surface area contributed by atoms with E-state index in [1.165, 1.54) is 36.1 Å². The molecule has 2 N–H and O–H groups in total. The van der Waals surface area contributed by atoms with Crippen molar-refractivity contribution in [3.05, 3.63) is 16.3 Å². The van der Waals surface area contributed by atoms with Crippen molar-refractivity contribution in [3.63, 3.8) is 0 Å². The fourth-order valence-corrected chi connectivity index (χ4v) is 4.82. The molecule has 1 amide bonds. The summed E-state index contributed by atoms with van der Waals surface area (Å²) in [6.45, 7) is 7.91. The summed E-state index contributed by atoms with van der Waals surface area (Å²) in [6, 6.07) is -0.335. The summed E-state index contributed by atoms with van der Waals surface area (Å²) >= 11 is 1.83. The molecule has 0 aliphatic heterocycles. The molecule has 2 aromatic heterocycles. The summed E-state index contributed by atoms with van der Waals surface area (Å²) in [6.07, 6.45) is 7.08. The normalized spacial score (nSPS) is 18.5. The largest absolute Gasteiger partial charge is 0.358 e. The molecule has 1 saturated carbocycles. The quantitative estimate of drug-likeness (QED) is 0.845. The molecule has 0 radical (unpaired) electrons. The second-order valence-electron chi connectivity index (χ2n) is 8.70. The van der Waals surface area contributed by atoms with Crippen LogP contribution in [0.3, 0.4) is 0 Å². The van der Waals surface area contributed by atoms with Crippen LogP contribution in [0.4, 0.5) is 5.82 Å². The van der Waals surface area contributed by atoms with Crippen LogP contribution in [0, 0.1) is 0 Å². The number of thiophene rings is 1. The lowest BCUT2D eigenvalue weighted by atomic mass is 9.97. The van der Waals surface area contributed by atoms with Crippen molar-refractivity contribution in [2.24, 2.45) is 0 Å². The Labute approximate surface area is 159 Å². The van der Waals surface area contributed by atoms with Gasteiger partial charge in [0.05, 0.1) is 5.39 Å². The number of nitrogens with zero attached hydrogens (tertiary/aromatic N) is 2. The highest BCUT2D eigenvalue weighted by molar-refractivity contribution is 7.19. The second kappa shape index (κ2) is 6.48. The van der Waals surface area contributed by atoms with E-state index < -0.39 is 0 Å². The molecular weight excluding hydrogens is 344 g/mol. The fourth-order valence-electron chi connectivity index (χ4n) is 3.55. The number of rotatable bonds is 4. The zero-order chi connectivity index (χ0) is 18.5. The maximum atomic E-state index is 12.5. The number of anilines is 1. The van der Waals surface area contributed by atoms with Gasteiger partial charge in [-0.15, -0.1) is 11.3 Å². The van der Waals surface area contributed by atoms with Crippen molar-refractivity contribution < 1.29 is 4.79 Å². The Kier molecular flexibility index (Phi) is 4.41. The molecule has 4 rings (SSSR count). The number of nitrogens with one attached hydrogen (secondary N) is 2. The van der Waals surface area contributed by atoms with E-state index in [0.29, 0.717) is 5.92 Å². The van der Waals surface area contributed by atoms with Crippen molar-refractivity contribution in [1.82, 2.24) is 15.3 Å². The molecule has 1 unspecified atom stereocenters. The van der Waals surface area contributed by atoms with E-state index in [1.807, 2.05) is 39.0 Å². The first-order chi connectivity index (χ1) is 12.3. The van der Waals surface area contributed by atoms with Crippen LogP contribution in [0.25, 0.3) is 10.2 Å². The van der Waals surface area contributed by atoms with Crippen LogP contribution in [0.1, 0.15) is 75.6 Å². The van der Waals surface area contributed by atoms with E-state index in [0.717, 1.165) is 34.7 Å². The van der Waals surface area contributed by atoms with Gasteiger partial charge in [-0.2, -0.15) is 0 Å². The molecule has 0 aromatic carbocycles. The summed E-state index contributed by atoms with van der Waals surface area (Å²) < 4.78 is 0. The third kappa shape index (κ3) is 3.56. The van der Waals surface area contributed by atoms with E-state index in [9.17, 15) is 4.79 Å². The molecule has 5 nitrogen and oxygen atoms in total. The molecule has 140 valence electrons. The fraction of sp³-hybridized carbons (Fsp3) is 0.650. The summed E-state index contributed by atoms with van der Waals surface area (Å²) in [7, 11) is 0. The van der Waals surface area contributed by atoms with E-state index in [2.05, 4.69) is 10.6 Å². The third-order valence-electron chi connectivity index (χ3n) is 5.02. The zero-order valence-electron chi connectivity index (χ0n) is 16.1. The minimum Gasteiger partial charge on any atom is -0.358 e. The third-order valence-corrected chi connectivity index (χ3v) is 6.20. The molecule has 0 bridgehead atoms. The summed E-state index contributed by atoms with van der Waals surface area (Å²) in [4.78, 5) is 24.8. The Bertz CT molecular complexity index is 848. The predicted molar refractivity (Wildman–Crippen MR) is 107 cm³/mol. The Morgan fingerprint density at radius 3 is 2.62 bits per heavy atom. The van der Waals surface area contributed by atoms with Crippen molar-refractivity contribution in [2.75, 3.05) is 5.32 Å². The molecule has 2 aromatic rings. The highest BCUT2D eigenvalue weighted by atomic mass is 32.1. The first kappa shape index (κ1) is 17.7. The van der Waals surface area contributed by atoms with Crippen molar-refractivity contribution in [2.45, 2.75) is 83.7 Å². The van der Waals surface area contributed by atoms with Gasteiger partial charge in [-0.3, -0.25) is 4.79 Å². The average Bonchev–Trinajstić information content (AvgIpc) is 3.33. The van der Waals surface area contributed by atoms with Crippen LogP contribution in [-0.4, -0.2) is 27.5 Å². The standard InChI is InChI=1S/C20H28N4OS/c1-11(18(25)24-20(2,3)4)21-17-15-13-7-5-6-8-14(13)26-19(15)23-16(22-17)12-9-10-12/h11-12H,5-10H2,1-4H3,(H,24,25)(H,21,22,23). The van der Waals surface area contributed by atoms with Gasteiger partial charge < -0.3 is 10.6 Å². The number of hydrogen-bond donors (Lipinski definition) is 2. The highest BCUT2D eigenvalue weighted by Crippen LogP contribution is 2.43. The monoisotopic (exact) mass is 372 g/mol. The molecule has 26 heavy (non-hydrogen) atoms. The molecule has 0 spiro atoms. The van der Waals surface area contributed by atoms with Gasteiger partial charge in [-0.05, 0) is 71.8 Å². The number of carbonyl (C=O) groups excluding carboxylic acids is 1. The number of hydrogen-bond acceptors (Lipinski definition) is 5. The van der Waals surface area contributed by atoms with Gasteiger partial charge in [0.2, 0.25) is 5.91 Å². The smallest absolute Gasteiger partial charge is 0.242 e. The second-order valence-corrected chi connectivity index (χ2v) is 9.78. The van der Waals surface area contributed by atoms with Crippen LogP contribution in [-0.2, 0) is 17.6 Å². The van der Waals surface area contributed by atoms with Crippen LogP contribution in [0.2, 0.25) is 0 Å². The molecular formula is C20H28N4OS. The molecule has 2 heterocycles. The maximum Gasteiger partial charge on any atom is 0.242 e. The molecule has 2 aliphatic rings. The average molecular weight is 373 g/mol. The molecule has 1 fully saturated rings. The van der Waals surface area contributed by atoms with Gasteiger partial charge in [-0.25, -0.2) is 9.97 Å². The first-order valence-electron chi connectivity index (χ1n) is 9.72. The number of amides is 1. The van der Waals surface area contributed by atoms with E-state index >= 15 is 0 Å². The van der Waals surface area contributed by atoms with E-state index in [4.69, 9.17) is 9.97 Å². The van der Waals surface area contributed by atoms with Gasteiger partial charge in [0, 0.05) is 16.3 Å². The van der Waals surface area contributed by atoms with Crippen molar-refractivity contribution >= 4 is 33.3 Å². The van der Waals surface area contributed by atoms with Crippen molar-refractivity contribution in [1.29, 1.82) is 0 Å². The summed E-state index contributed by atoms with van der Waals surface area (Å²) in [5.41, 5.74) is 1.17. The summed E-state index contributed by atoms with van der Waals surface area (Å²) in [5.74, 6) is 2.30. The topological polar surface area (TPSA) is 66.9 Å². The summed E-state index contributed by atoms with van der Waals surface area (Å²) in [5, 5.41) is 7.62. The predicted octanol–water partition coefficient (Wildman–Crippen LogP) is 4.16. The maximum absolute atomic E-state index is 12.5. The van der Waals surface area contributed by atoms with E-state index in [1.54, 1.807) is 0 Å². The lowest BCUT2D eigenvalue weighted by molar-refractivity contribution is -0.122. The molecule has 6 heteroatoms. The van der Waals surface area contributed by atoms with Gasteiger partial charge in [-0.1, -0.05) is 0 Å². The Morgan fingerprint density at radius 2 is 1.92 bits per heavy atom. The molecule has 0 saturated heterocycles. The van der Waals surface area contributed by atoms with Crippen LogP contribution >= 0.6 is 11.3 Å².